The summed E-state index contributed by atoms with van der Waals surface area (Å²) in [6.45, 7) is 9.78. The van der Waals surface area contributed by atoms with Crippen LogP contribution < -0.4 is 36.2 Å². The van der Waals surface area contributed by atoms with Crippen molar-refractivity contribution in [2.45, 2.75) is 57.1 Å². The van der Waals surface area contributed by atoms with Crippen molar-refractivity contribution in [3.8, 4) is 5.75 Å². The van der Waals surface area contributed by atoms with Gasteiger partial charge in [-0.05, 0) is 108 Å². The van der Waals surface area contributed by atoms with Crippen LogP contribution in [0.25, 0.3) is 11.0 Å². The Morgan fingerprint density at radius 3 is 2.56 bits per heavy atom. The molecule has 0 radical (unpaired) electrons. The van der Waals surface area contributed by atoms with Crippen LogP contribution in [-0.4, -0.2) is 82.8 Å². The zero-order chi connectivity index (χ0) is 41.4. The number of hydrogen-bond donors (Lipinski definition) is 5. The Kier molecular flexibility index (Phi) is 12.0. The molecule has 4 N–H and O–H groups in total. The number of nitrogens with zero attached hydrogens (tertiary/aromatic N) is 6. The van der Waals surface area contributed by atoms with Crippen LogP contribution in [0, 0.1) is 12.8 Å². The largest absolute Gasteiger partial charge is 0.494 e. The number of aryl methyl sites for hydroxylation is 1. The highest BCUT2D eigenvalue weighted by molar-refractivity contribution is 9.10. The van der Waals surface area contributed by atoms with Crippen molar-refractivity contribution in [2.75, 3.05) is 55.6 Å². The van der Waals surface area contributed by atoms with Gasteiger partial charge in [0.15, 0.2) is 0 Å². The van der Waals surface area contributed by atoms with Crippen molar-refractivity contribution in [3.63, 3.8) is 0 Å². The maximum atomic E-state index is 13.5. The normalized spacial score (nSPS) is 18.8. The van der Waals surface area contributed by atoms with Crippen LogP contribution >= 0.6 is 35.7 Å². The number of methoxy groups -OCH3 is 1. The topological polar surface area (TPSA) is 167 Å². The standard InChI is InChI=1S/C42H48BrN10O4PS/c1-24-17-32(49-42-47-22-29(43)39(51-42)48-31-8-7-30-37(46-14-13-45-30)38(31)58(3,4)56)35(57-2)19-34(24)52-15-11-25(12-16-52)20-44-21-26-5-6-27-23-53(41(59)28(27)18-26)33-9-10-36(54)50-40(33)55/h5-8,13-14,17-19,22,25,33,41,44,59H,9-12,15-16,20-21,23H2,1-4H3,(H,50,54,55)(H2,47,48,49,51). The summed E-state index contributed by atoms with van der Waals surface area (Å²) in [6, 6.07) is 14.0. The van der Waals surface area contributed by atoms with Gasteiger partial charge in [0.05, 0.1) is 45.2 Å². The van der Waals surface area contributed by atoms with E-state index in [1.807, 2.05) is 12.1 Å². The zero-order valence-electron chi connectivity index (χ0n) is 33.5. The molecule has 2 saturated heterocycles. The fraction of sp³-hybridized carbons (Fsp3) is 0.381. The van der Waals surface area contributed by atoms with Gasteiger partial charge in [0, 0.05) is 62.9 Å². The molecule has 0 spiro atoms. The number of nitrogens with one attached hydrogen (secondary N) is 4. The number of benzene rings is 3. The van der Waals surface area contributed by atoms with E-state index >= 15 is 0 Å². The third-order valence-corrected chi connectivity index (χ3v) is 14.1. The van der Waals surface area contributed by atoms with Crippen molar-refractivity contribution < 1.29 is 18.9 Å². The number of hydrogen-bond acceptors (Lipinski definition) is 14. The summed E-state index contributed by atoms with van der Waals surface area (Å²) < 4.78 is 20.0. The minimum Gasteiger partial charge on any atom is -0.494 e. The second kappa shape index (κ2) is 17.2. The number of carbonyl (C=O) groups excluding carboxylic acids is 2. The van der Waals surface area contributed by atoms with E-state index in [2.05, 4.69) is 99.2 Å². The number of aromatic nitrogens is 4. The average Bonchev–Trinajstić information content (AvgIpc) is 3.53. The third-order valence-electron chi connectivity index (χ3n) is 11.4. The summed E-state index contributed by atoms with van der Waals surface area (Å²) in [4.78, 5) is 46.9. The van der Waals surface area contributed by atoms with E-state index in [0.29, 0.717) is 69.3 Å². The first kappa shape index (κ1) is 41.1. The second-order valence-electron chi connectivity index (χ2n) is 15.8. The van der Waals surface area contributed by atoms with Crippen LogP contribution in [0.1, 0.15) is 53.3 Å². The number of ether oxygens (including phenoxy) is 1. The number of piperidine rings is 2. The first-order chi connectivity index (χ1) is 28.4. The van der Waals surface area contributed by atoms with Gasteiger partial charge in [0.1, 0.15) is 24.2 Å². The lowest BCUT2D eigenvalue weighted by Gasteiger charge is -2.35. The molecule has 5 heterocycles. The average molecular weight is 900 g/mol. The Hall–Kier alpha value is -4.60. The van der Waals surface area contributed by atoms with Crippen LogP contribution in [0.4, 0.5) is 28.8 Å². The van der Waals surface area contributed by atoms with Gasteiger partial charge < -0.3 is 30.2 Å². The lowest BCUT2D eigenvalue weighted by molar-refractivity contribution is -0.137. The highest BCUT2D eigenvalue weighted by Crippen LogP contribution is 2.42. The number of halogens is 1. The van der Waals surface area contributed by atoms with Gasteiger partial charge in [-0.15, -0.1) is 0 Å². The molecule has 2 aromatic heterocycles. The fourth-order valence-corrected chi connectivity index (χ4v) is 10.6. The maximum Gasteiger partial charge on any atom is 0.243 e. The number of thiol groups is 1. The molecule has 8 rings (SSSR count). The molecular weight excluding hydrogens is 851 g/mol. The van der Waals surface area contributed by atoms with Gasteiger partial charge in [-0.2, -0.15) is 17.6 Å². The van der Waals surface area contributed by atoms with Crippen LogP contribution in [0.3, 0.4) is 0 Å². The van der Waals surface area contributed by atoms with Gasteiger partial charge in [-0.1, -0.05) is 18.2 Å². The minimum absolute atomic E-state index is 0.180. The summed E-state index contributed by atoms with van der Waals surface area (Å²) in [5, 5.41) is 13.3. The predicted molar refractivity (Wildman–Crippen MR) is 239 cm³/mol. The molecule has 14 nitrogen and oxygen atoms in total. The maximum absolute atomic E-state index is 13.5. The molecule has 2 atom stereocenters. The van der Waals surface area contributed by atoms with Crippen molar-refractivity contribution in [2.24, 2.45) is 5.92 Å². The first-order valence-corrected chi connectivity index (χ1v) is 23.7. The zero-order valence-corrected chi connectivity index (χ0v) is 36.8. The number of rotatable bonds is 12. The highest BCUT2D eigenvalue weighted by Gasteiger charge is 2.39. The number of anilines is 5. The summed E-state index contributed by atoms with van der Waals surface area (Å²) in [7, 11) is -1.10. The summed E-state index contributed by atoms with van der Waals surface area (Å²) >= 11 is 8.47. The van der Waals surface area contributed by atoms with Crippen LogP contribution in [0.5, 0.6) is 5.75 Å². The first-order valence-electron chi connectivity index (χ1n) is 19.8. The molecule has 3 aliphatic rings. The number of fused-ring (bicyclic) bond motifs is 2. The van der Waals surface area contributed by atoms with Crippen molar-refractivity contribution >= 4 is 92.7 Å². The van der Waals surface area contributed by atoms with Crippen LogP contribution in [-0.2, 0) is 27.2 Å². The molecule has 0 aliphatic carbocycles. The van der Waals surface area contributed by atoms with Crippen molar-refractivity contribution in [1.29, 1.82) is 0 Å². The Labute approximate surface area is 357 Å². The molecule has 2 unspecified atom stereocenters. The lowest BCUT2D eigenvalue weighted by atomic mass is 9.95. The Morgan fingerprint density at radius 1 is 1.00 bits per heavy atom. The predicted octanol–water partition coefficient (Wildman–Crippen LogP) is 6.79. The van der Waals surface area contributed by atoms with Crippen molar-refractivity contribution in [3.05, 3.63) is 87.8 Å². The summed E-state index contributed by atoms with van der Waals surface area (Å²) in [5.74, 6) is 1.68. The van der Waals surface area contributed by atoms with E-state index in [-0.39, 0.29) is 23.2 Å². The Morgan fingerprint density at radius 2 is 1.80 bits per heavy atom. The number of amides is 2. The van der Waals surface area contributed by atoms with Gasteiger partial charge in [0.2, 0.25) is 17.8 Å². The molecule has 2 amide bonds. The highest BCUT2D eigenvalue weighted by atomic mass is 79.9. The monoisotopic (exact) mass is 898 g/mol. The molecule has 2 fully saturated rings. The minimum atomic E-state index is -2.77. The van der Waals surface area contributed by atoms with E-state index in [1.54, 1.807) is 39.0 Å². The third kappa shape index (κ3) is 8.83. The molecule has 0 saturated carbocycles. The summed E-state index contributed by atoms with van der Waals surface area (Å²) in [5.41, 5.74) is 8.41. The molecule has 0 bridgehead atoms. The van der Waals surface area contributed by atoms with E-state index in [9.17, 15) is 14.2 Å². The summed E-state index contributed by atoms with van der Waals surface area (Å²) in [6.07, 6.45) is 7.92. The van der Waals surface area contributed by atoms with Gasteiger partial charge in [0.25, 0.3) is 0 Å². The van der Waals surface area contributed by atoms with E-state index in [1.165, 1.54) is 11.1 Å². The molecule has 3 aromatic carbocycles. The van der Waals surface area contributed by atoms with E-state index in [0.717, 1.165) is 61.5 Å². The van der Waals surface area contributed by atoms with Gasteiger partial charge in [-0.25, -0.2) is 4.98 Å². The fourth-order valence-electron chi connectivity index (χ4n) is 8.39. The molecule has 3 aliphatic heterocycles. The second-order valence-corrected chi connectivity index (χ2v) is 20.3. The van der Waals surface area contributed by atoms with E-state index in [4.69, 9.17) is 22.3 Å². The molecular formula is C42H48BrN10O4PS. The smallest absolute Gasteiger partial charge is 0.243 e. The number of carbonyl (C=O) groups is 2. The van der Waals surface area contributed by atoms with Crippen molar-refractivity contribution in [1.82, 2.24) is 35.5 Å². The Bertz CT molecular complexity index is 2480. The molecule has 5 aromatic rings. The quantitative estimate of drug-likeness (QED) is 0.0506. The van der Waals surface area contributed by atoms with E-state index < -0.39 is 7.14 Å². The van der Waals surface area contributed by atoms with Gasteiger partial charge in [-0.3, -0.25) is 29.8 Å². The van der Waals surface area contributed by atoms with Crippen LogP contribution in [0.15, 0.2) is 65.5 Å². The lowest BCUT2D eigenvalue weighted by Crippen LogP contribution is -2.51. The SMILES string of the molecule is COc1cc(N2CCC(CNCc3ccc4c(c3)C(S)N(C3CCC(=O)NC3=O)C4)CC2)c(C)cc1Nc1ncc(Br)c(Nc2ccc3nccnc3c2P(C)(C)=O)n1. The van der Waals surface area contributed by atoms with Gasteiger partial charge >= 0.3 is 0 Å². The molecule has 17 heteroatoms. The molecule has 59 heavy (non-hydrogen) atoms. The van der Waals surface area contributed by atoms with Crippen LogP contribution in [0.2, 0.25) is 0 Å². The number of imide groups is 1. The Balaban J connectivity index is 0.873. The molecule has 308 valence electrons.